The van der Waals surface area contributed by atoms with Crippen LogP contribution in [0.5, 0.6) is 0 Å². The van der Waals surface area contributed by atoms with Gasteiger partial charge in [0.1, 0.15) is 0 Å². The van der Waals surface area contributed by atoms with E-state index in [0.717, 1.165) is 0 Å². The first-order chi connectivity index (χ1) is 33.9. The molecule has 55 heavy (non-hydrogen) atoms. The third kappa shape index (κ3) is 9.80. The zero-order chi connectivity index (χ0) is 56.5. The van der Waals surface area contributed by atoms with Crippen molar-refractivity contribution in [1.29, 1.82) is 0 Å². The number of aryl methyl sites for hydroxylation is 3. The first-order valence-electron chi connectivity index (χ1n) is 28.2. The number of aromatic nitrogens is 2. The van der Waals surface area contributed by atoms with Crippen LogP contribution in [0.15, 0.2) is 103 Å². The summed E-state index contributed by atoms with van der Waals surface area (Å²) in [7, 11) is 0. The summed E-state index contributed by atoms with van der Waals surface area (Å²) in [6.07, 6.45) is -12.6. The molecule has 6 aromatic rings. The minimum Gasteiger partial charge on any atom is -0.304 e. The quantitative estimate of drug-likeness (QED) is 0.161. The van der Waals surface area contributed by atoms with Crippen LogP contribution in [0.1, 0.15) is 120 Å². The van der Waals surface area contributed by atoms with Crippen LogP contribution in [0.4, 0.5) is 0 Å². The minimum atomic E-state index is -2.88. The van der Waals surface area contributed by atoms with E-state index < -0.39 is 75.0 Å². The van der Waals surface area contributed by atoms with Gasteiger partial charge in [0, 0.05) is 61.3 Å². The molecule has 2 nitrogen and oxygen atoms in total. The van der Waals surface area contributed by atoms with Crippen molar-refractivity contribution in [3.8, 4) is 33.6 Å². The van der Waals surface area contributed by atoms with Gasteiger partial charge in [-0.15, -0.1) is 70.8 Å². The van der Waals surface area contributed by atoms with Crippen LogP contribution in [0.25, 0.3) is 33.6 Å². The maximum Gasteiger partial charge on any atom is 0.0322 e. The van der Waals surface area contributed by atoms with E-state index in [9.17, 15) is 11.0 Å². The predicted octanol–water partition coefficient (Wildman–Crippen LogP) is 12.7. The maximum absolute atomic E-state index is 9.45. The van der Waals surface area contributed by atoms with Crippen LogP contribution >= 0.6 is 0 Å². The van der Waals surface area contributed by atoms with Gasteiger partial charge in [0.25, 0.3) is 0 Å². The second-order valence-corrected chi connectivity index (χ2v) is 15.5. The van der Waals surface area contributed by atoms with E-state index >= 15 is 0 Å². The second-order valence-electron chi connectivity index (χ2n) is 15.5. The van der Waals surface area contributed by atoms with E-state index in [2.05, 4.69) is 22.1 Å². The molecule has 0 atom stereocenters. The predicted molar refractivity (Wildman–Crippen MR) is 227 cm³/mol. The first kappa shape index (κ1) is 21.4. The van der Waals surface area contributed by atoms with E-state index in [1.807, 2.05) is 0 Å². The molecule has 2 aliphatic carbocycles. The molecule has 1 radical (unpaired) electrons. The Morgan fingerprint density at radius 2 is 1.18 bits per heavy atom. The van der Waals surface area contributed by atoms with Crippen LogP contribution in [0.3, 0.4) is 0 Å². The minimum absolute atomic E-state index is 0. The van der Waals surface area contributed by atoms with Crippen molar-refractivity contribution in [2.24, 2.45) is 16.2 Å². The Hall–Kier alpha value is -4.17. The summed E-state index contributed by atoms with van der Waals surface area (Å²) >= 11 is 0. The van der Waals surface area contributed by atoms with Crippen molar-refractivity contribution in [2.75, 3.05) is 0 Å². The Morgan fingerprint density at radius 3 is 1.73 bits per heavy atom. The molecular formula is C52H56IrN2-2. The van der Waals surface area contributed by atoms with Gasteiger partial charge in [-0.2, -0.15) is 0 Å². The largest absolute Gasteiger partial charge is 0.304 e. The van der Waals surface area contributed by atoms with Gasteiger partial charge < -0.3 is 9.97 Å². The molecule has 285 valence electrons. The first-order valence-corrected chi connectivity index (χ1v) is 17.7. The SMILES string of the molecule is [2H]C([2H])([2H])c1c[c-]c(-c2cc(-c3ccc4c(c3)C([2H])([2H])C3(C([2H])([2H])c5ccccc5C3([2H])[2H])C4([2H])[2H])c(C([2H])([2H])C(C)(C)C)cn2)cc1.[2H]C([2H])([2H])c1c[c-]c(-c2cc(C([2H])([2H])C(C)(C)C)c(C([2H])([2H])[2H])cn2)cc1.[Ir]. The summed E-state index contributed by atoms with van der Waals surface area (Å²) in [5.41, 5.74) is -2.73. The van der Waals surface area contributed by atoms with Crippen molar-refractivity contribution in [3.05, 3.63) is 166 Å². The number of hydrogen-bond acceptors (Lipinski definition) is 2. The van der Waals surface area contributed by atoms with Gasteiger partial charge in [-0.25, -0.2) is 0 Å². The van der Waals surface area contributed by atoms with E-state index in [1.54, 1.807) is 53.7 Å². The summed E-state index contributed by atoms with van der Waals surface area (Å²) in [5.74, 6) is 0. The van der Waals surface area contributed by atoms with Gasteiger partial charge in [-0.1, -0.05) is 115 Å². The van der Waals surface area contributed by atoms with Crippen LogP contribution in [-0.4, -0.2) is 9.97 Å². The molecule has 0 saturated heterocycles. The normalized spacial score (nSPS) is 24.7. The topological polar surface area (TPSA) is 25.8 Å². The number of rotatable bonds is 5. The zero-order valence-electron chi connectivity index (χ0n) is 52.5. The van der Waals surface area contributed by atoms with Crippen LogP contribution in [0, 0.1) is 48.9 Å². The van der Waals surface area contributed by atoms with E-state index in [4.69, 9.17) is 17.8 Å². The number of hydrogen-bond donors (Lipinski definition) is 0. The molecule has 4 aromatic carbocycles. The molecular weight excluding hydrogens is 845 g/mol. The number of fused-ring (bicyclic) bond motifs is 2. The molecule has 0 fully saturated rings. The number of nitrogens with zero attached hydrogens (tertiary/aromatic N) is 2. The molecule has 0 unspecified atom stereocenters. The third-order valence-corrected chi connectivity index (χ3v) is 8.55. The Morgan fingerprint density at radius 1 is 0.636 bits per heavy atom. The molecule has 1 spiro atoms. The Bertz CT molecular complexity index is 3110. The molecule has 0 saturated carbocycles. The van der Waals surface area contributed by atoms with Gasteiger partial charge in [0.2, 0.25) is 0 Å². The smallest absolute Gasteiger partial charge is 0.0322 e. The molecule has 2 heterocycles. The summed E-state index contributed by atoms with van der Waals surface area (Å²) in [6.45, 7) is 3.21. The monoisotopic (exact) mass is 923 g/mol. The van der Waals surface area contributed by atoms with Crippen molar-refractivity contribution in [3.63, 3.8) is 0 Å². The zero-order valence-corrected chi connectivity index (χ0v) is 33.9. The van der Waals surface area contributed by atoms with Crippen molar-refractivity contribution in [1.82, 2.24) is 9.97 Å². The van der Waals surface area contributed by atoms with Gasteiger partial charge in [-0.05, 0) is 117 Å². The van der Waals surface area contributed by atoms with Crippen LogP contribution in [0.2, 0.25) is 0 Å². The molecule has 0 amide bonds. The molecule has 0 aliphatic heterocycles. The second kappa shape index (κ2) is 16.1. The third-order valence-electron chi connectivity index (χ3n) is 8.55. The molecule has 2 aromatic heterocycles. The van der Waals surface area contributed by atoms with Gasteiger partial charge >= 0.3 is 0 Å². The van der Waals surface area contributed by atoms with Crippen molar-refractivity contribution >= 4 is 0 Å². The van der Waals surface area contributed by atoms with Gasteiger partial charge in [0.15, 0.2) is 0 Å². The fraction of sp³-hybridized carbons (Fsp3) is 0.346. The summed E-state index contributed by atoms with van der Waals surface area (Å²) in [5, 5.41) is 0. The summed E-state index contributed by atoms with van der Waals surface area (Å²) in [6, 6.07) is 27.5. The van der Waals surface area contributed by atoms with Gasteiger partial charge in [-0.3, -0.25) is 0 Å². The maximum atomic E-state index is 9.45. The standard InChI is InChI=1S/C34H34N.C18H22N.Ir/c1-23-9-11-24(12-10-23)32-16-31(30(22-35-32)17-33(2,3)4)25-13-14-28-20-34(21-29(28)15-25)18-26-7-5-6-8-27(26)19-34;1-13-6-8-15(9-7-13)17-10-16(11-18(3,4)5)14(2)12-19-17;/h5-11,13-16,22H,17-21H2,1-4H3;6-8,10,12H,11H2,1-5H3;/q2*-1;/i1D3,17D2,18D2,19D2,20D2,21D2;1D3,2D3,11D2;. The Kier molecular flexibility index (Phi) is 6.27. The van der Waals surface area contributed by atoms with Crippen LogP contribution in [-0.2, 0) is 58.3 Å². The van der Waals surface area contributed by atoms with Gasteiger partial charge in [0.05, 0.1) is 0 Å². The molecule has 0 bridgehead atoms. The van der Waals surface area contributed by atoms with E-state index in [-0.39, 0.29) is 70.2 Å². The number of pyridine rings is 2. The average molecular weight is 922 g/mol. The molecule has 0 N–H and O–H groups in total. The van der Waals surface area contributed by atoms with Crippen molar-refractivity contribution in [2.45, 2.75) is 100 Å². The van der Waals surface area contributed by atoms with Crippen LogP contribution < -0.4 is 0 Å². The molecule has 8 rings (SSSR count). The summed E-state index contributed by atoms with van der Waals surface area (Å²) < 4.78 is 178. The molecule has 2 aliphatic rings. The fourth-order valence-electron chi connectivity index (χ4n) is 6.24. The van der Waals surface area contributed by atoms with E-state index in [1.165, 1.54) is 91.3 Å². The fourth-order valence-corrected chi connectivity index (χ4v) is 6.24. The summed E-state index contributed by atoms with van der Waals surface area (Å²) in [4.78, 5) is 8.67. The van der Waals surface area contributed by atoms with E-state index in [0.29, 0.717) is 33.6 Å². The Labute approximate surface area is 374 Å². The average Bonchev–Trinajstić information content (AvgIpc) is 3.55. The number of benzene rings is 4. The Balaban J connectivity index is 0.000000285. The molecule has 3 heteroatoms. The van der Waals surface area contributed by atoms with Crippen molar-refractivity contribution < 1.29 is 48.9 Å².